The summed E-state index contributed by atoms with van der Waals surface area (Å²) in [7, 11) is 0. The van der Waals surface area contributed by atoms with Gasteiger partial charge in [0.05, 0.1) is 28.1 Å². The first-order chi connectivity index (χ1) is 14.6. The zero-order valence-electron chi connectivity index (χ0n) is 16.3. The number of carbonyl (C=O) groups excluding carboxylic acids is 2. The first-order valence-corrected chi connectivity index (χ1v) is 9.46. The molecule has 0 unspecified atom stereocenters. The molecule has 0 spiro atoms. The van der Waals surface area contributed by atoms with Gasteiger partial charge in [-0.1, -0.05) is 24.3 Å². The van der Waals surface area contributed by atoms with E-state index in [1.54, 1.807) is 12.1 Å². The molecule has 1 aliphatic carbocycles. The summed E-state index contributed by atoms with van der Waals surface area (Å²) in [5.74, 6) is -2.63. The summed E-state index contributed by atoms with van der Waals surface area (Å²) in [6.07, 6.45) is -4.94. The van der Waals surface area contributed by atoms with Crippen molar-refractivity contribution in [3.8, 4) is 0 Å². The summed E-state index contributed by atoms with van der Waals surface area (Å²) in [6.45, 7) is 0. The Bertz CT molecular complexity index is 1260. The third kappa shape index (κ3) is 4.04. The molecule has 158 valence electrons. The van der Waals surface area contributed by atoms with Gasteiger partial charge in [-0.25, -0.2) is 16.4 Å². The Balaban J connectivity index is 0.00000289. The van der Waals surface area contributed by atoms with Crippen LogP contribution in [0.5, 0.6) is 0 Å². The van der Waals surface area contributed by atoms with Crippen molar-refractivity contribution in [3.63, 3.8) is 0 Å². The van der Waals surface area contributed by atoms with E-state index in [-0.39, 0.29) is 85.8 Å². The number of nitrogens with one attached hydrogen (secondary N) is 1. The quantitative estimate of drug-likeness (QED) is 0.206. The molecule has 4 rings (SSSR count). The molecule has 0 atom stereocenters. The minimum atomic E-state index is -4.94. The monoisotopic (exact) mass is 470 g/mol. The standard InChI is InChI=1S/C21H12F4N2O3S.Na/c22-13-6-5-9(7-12(13)21(23,24)25)27-14-8-15(31-30)18(26)17-16(14)19(28)10-3-1-2-4-11(10)20(17)29;/h1-8,27,30H,26H2;/q;+1/p-1. The number of carbonyl (C=O) groups is 2. The van der Waals surface area contributed by atoms with Crippen LogP contribution in [0.3, 0.4) is 0 Å². The number of nitrogen functional groups attached to an aromatic ring is 1. The largest absolute Gasteiger partial charge is 1.00 e. The number of fused-ring (bicyclic) bond motifs is 2. The van der Waals surface area contributed by atoms with E-state index in [0.29, 0.717) is 12.1 Å². The molecule has 0 heterocycles. The van der Waals surface area contributed by atoms with Crippen molar-refractivity contribution in [1.29, 1.82) is 0 Å². The van der Waals surface area contributed by atoms with E-state index in [1.807, 2.05) is 0 Å². The zero-order valence-corrected chi connectivity index (χ0v) is 19.2. The maximum absolute atomic E-state index is 13.6. The van der Waals surface area contributed by atoms with Gasteiger partial charge in [-0.15, -0.1) is 0 Å². The molecule has 0 amide bonds. The van der Waals surface area contributed by atoms with Gasteiger partial charge in [-0.3, -0.25) is 9.59 Å². The van der Waals surface area contributed by atoms with Crippen LogP contribution in [0.2, 0.25) is 0 Å². The van der Waals surface area contributed by atoms with Gasteiger partial charge in [-0.2, -0.15) is 13.2 Å². The van der Waals surface area contributed by atoms with Gasteiger partial charge in [0.25, 0.3) is 0 Å². The molecule has 5 nitrogen and oxygen atoms in total. The van der Waals surface area contributed by atoms with Crippen molar-refractivity contribution < 1.29 is 61.3 Å². The van der Waals surface area contributed by atoms with Crippen LogP contribution in [0, 0.1) is 5.82 Å². The molecule has 0 fully saturated rings. The minimum Gasteiger partial charge on any atom is -0.795 e. The van der Waals surface area contributed by atoms with Gasteiger partial charge < -0.3 is 15.6 Å². The number of nitrogens with two attached hydrogens (primary N) is 1. The van der Waals surface area contributed by atoms with Gasteiger partial charge in [0.1, 0.15) is 5.82 Å². The molecular formula is C21H11F4N2NaO3S. The number of halogens is 4. The van der Waals surface area contributed by atoms with E-state index in [1.165, 1.54) is 18.2 Å². The first-order valence-electron chi connectivity index (χ1n) is 8.72. The fourth-order valence-corrected chi connectivity index (χ4v) is 3.79. The second kappa shape index (κ2) is 8.87. The van der Waals surface area contributed by atoms with Crippen LogP contribution in [0.25, 0.3) is 0 Å². The smallest absolute Gasteiger partial charge is 0.795 e. The first kappa shape index (κ1) is 24.3. The SMILES string of the molecule is Nc1c(S[O-])cc(Nc2ccc(F)c(C(F)(F)F)c2)c2c1C(=O)c1ccccc1C2=O.[Na+]. The second-order valence-electron chi connectivity index (χ2n) is 6.69. The van der Waals surface area contributed by atoms with E-state index in [2.05, 4.69) is 5.32 Å². The van der Waals surface area contributed by atoms with Crippen LogP contribution in [0.1, 0.15) is 37.4 Å². The van der Waals surface area contributed by atoms with Crippen molar-refractivity contribution >= 4 is 40.7 Å². The summed E-state index contributed by atoms with van der Waals surface area (Å²) in [4.78, 5) is 26.0. The average Bonchev–Trinajstić information content (AvgIpc) is 2.73. The number of anilines is 3. The van der Waals surface area contributed by atoms with Crippen molar-refractivity contribution in [1.82, 2.24) is 0 Å². The van der Waals surface area contributed by atoms with Crippen molar-refractivity contribution in [3.05, 3.63) is 82.2 Å². The third-order valence-corrected chi connectivity index (χ3v) is 5.36. The predicted molar refractivity (Wildman–Crippen MR) is 105 cm³/mol. The third-order valence-electron chi connectivity index (χ3n) is 4.84. The molecule has 1 aliphatic rings. The molecule has 0 saturated heterocycles. The van der Waals surface area contributed by atoms with Crippen LogP contribution >= 0.6 is 12.0 Å². The maximum atomic E-state index is 13.6. The summed E-state index contributed by atoms with van der Waals surface area (Å²) in [5.41, 5.74) is 3.82. The van der Waals surface area contributed by atoms with Gasteiger partial charge in [0, 0.05) is 21.7 Å². The van der Waals surface area contributed by atoms with E-state index in [0.717, 1.165) is 6.07 Å². The molecule has 11 heteroatoms. The number of hydrogen-bond donors (Lipinski definition) is 2. The molecule has 3 aromatic rings. The summed E-state index contributed by atoms with van der Waals surface area (Å²) in [5, 5.41) is 2.61. The number of hydrogen-bond acceptors (Lipinski definition) is 6. The number of rotatable bonds is 3. The van der Waals surface area contributed by atoms with Crippen molar-refractivity contribution in [2.24, 2.45) is 0 Å². The summed E-state index contributed by atoms with van der Waals surface area (Å²) >= 11 is -0.0311. The van der Waals surface area contributed by atoms with E-state index < -0.39 is 29.1 Å². The summed E-state index contributed by atoms with van der Waals surface area (Å²) < 4.78 is 64.3. The number of ketones is 2. The predicted octanol–water partition coefficient (Wildman–Crippen LogP) is 2.17. The molecule has 3 N–H and O–H groups in total. The van der Waals surface area contributed by atoms with Crippen LogP contribution in [0.15, 0.2) is 53.4 Å². The Labute approximate surface area is 205 Å². The molecular weight excluding hydrogens is 459 g/mol. The van der Waals surface area contributed by atoms with Crippen molar-refractivity contribution in [2.45, 2.75) is 11.1 Å². The van der Waals surface area contributed by atoms with Crippen LogP contribution in [-0.2, 0) is 6.18 Å². The Morgan fingerprint density at radius 2 is 1.53 bits per heavy atom. The Kier molecular flexibility index (Phi) is 6.73. The molecule has 0 aromatic heterocycles. The van der Waals surface area contributed by atoms with Gasteiger partial charge in [0.15, 0.2) is 11.6 Å². The Morgan fingerprint density at radius 3 is 2.09 bits per heavy atom. The van der Waals surface area contributed by atoms with Crippen LogP contribution in [0.4, 0.5) is 34.6 Å². The second-order valence-corrected chi connectivity index (χ2v) is 7.30. The Morgan fingerprint density at radius 1 is 0.938 bits per heavy atom. The topological polar surface area (TPSA) is 95.2 Å². The Hall–Kier alpha value is -2.37. The number of alkyl halides is 3. The molecule has 0 saturated carbocycles. The van der Waals surface area contributed by atoms with Gasteiger partial charge in [0.2, 0.25) is 0 Å². The molecule has 0 bridgehead atoms. The van der Waals surface area contributed by atoms with E-state index in [4.69, 9.17) is 5.73 Å². The molecule has 0 aliphatic heterocycles. The van der Waals surface area contributed by atoms with Crippen LogP contribution < -0.4 is 40.6 Å². The van der Waals surface area contributed by atoms with E-state index in [9.17, 15) is 31.7 Å². The summed E-state index contributed by atoms with van der Waals surface area (Å²) in [6, 6.07) is 9.39. The molecule has 3 aromatic carbocycles. The fraction of sp³-hybridized carbons (Fsp3) is 0.0476. The normalized spacial score (nSPS) is 12.7. The molecule has 0 radical (unpaired) electrons. The van der Waals surface area contributed by atoms with Gasteiger partial charge in [-0.05, 0) is 24.3 Å². The minimum absolute atomic E-state index is 0. The van der Waals surface area contributed by atoms with E-state index >= 15 is 0 Å². The zero-order chi connectivity index (χ0) is 22.5. The average molecular weight is 470 g/mol. The maximum Gasteiger partial charge on any atom is 1.00 e. The van der Waals surface area contributed by atoms with Crippen molar-refractivity contribution in [2.75, 3.05) is 11.1 Å². The fourth-order valence-electron chi connectivity index (χ4n) is 3.44. The van der Waals surface area contributed by atoms with Gasteiger partial charge >= 0.3 is 35.7 Å². The molecule has 32 heavy (non-hydrogen) atoms. The number of benzene rings is 3. The van der Waals surface area contributed by atoms with Crippen LogP contribution in [-0.4, -0.2) is 16.1 Å².